The number of hydrogen-bond donors (Lipinski definition) is 1. The number of likely N-dealkylation sites (tertiary alicyclic amines) is 1. The van der Waals surface area contributed by atoms with Gasteiger partial charge in [0.2, 0.25) is 5.91 Å². The third-order valence-corrected chi connectivity index (χ3v) is 5.73. The number of fused-ring (bicyclic) bond motifs is 1. The van der Waals surface area contributed by atoms with Gasteiger partial charge >= 0.3 is 0 Å². The molecule has 3 heterocycles. The number of rotatable bonds is 5. The Hall–Kier alpha value is -2.80. The molecule has 3 aromatic rings. The summed E-state index contributed by atoms with van der Waals surface area (Å²) in [5, 5.41) is 13.4. The normalized spacial score (nSPS) is 17.0. The molecule has 152 valence electrons. The van der Waals surface area contributed by atoms with Gasteiger partial charge in [-0.3, -0.25) is 4.79 Å². The second kappa shape index (κ2) is 7.91. The van der Waals surface area contributed by atoms with Crippen molar-refractivity contribution in [3.8, 4) is 5.69 Å². The number of aromatic nitrogens is 4. The van der Waals surface area contributed by atoms with Gasteiger partial charge in [0.1, 0.15) is 5.82 Å². The summed E-state index contributed by atoms with van der Waals surface area (Å²) in [5.74, 6) is 1.29. The maximum atomic E-state index is 13.0. The third-order valence-electron chi connectivity index (χ3n) is 5.73. The Morgan fingerprint density at radius 2 is 1.86 bits per heavy atom. The molecule has 2 aromatic heterocycles. The van der Waals surface area contributed by atoms with E-state index >= 15 is 0 Å². The van der Waals surface area contributed by atoms with Crippen molar-refractivity contribution in [2.45, 2.75) is 33.6 Å². The summed E-state index contributed by atoms with van der Waals surface area (Å²) in [7, 11) is 0. The average Bonchev–Trinajstić information content (AvgIpc) is 3.24. The summed E-state index contributed by atoms with van der Waals surface area (Å²) in [6.45, 7) is 9.56. The molecule has 1 fully saturated rings. The zero-order valence-corrected chi connectivity index (χ0v) is 17.3. The maximum absolute atomic E-state index is 13.0. The van der Waals surface area contributed by atoms with Crippen LogP contribution in [0.15, 0.2) is 42.9 Å². The highest BCUT2D eigenvalue weighted by Gasteiger charge is 2.37. The van der Waals surface area contributed by atoms with Gasteiger partial charge in [0.25, 0.3) is 0 Å². The van der Waals surface area contributed by atoms with Gasteiger partial charge in [-0.1, -0.05) is 26.8 Å². The van der Waals surface area contributed by atoms with Crippen LogP contribution < -0.4 is 5.32 Å². The summed E-state index contributed by atoms with van der Waals surface area (Å²) in [6, 6.07) is 7.85. The SMILES string of the molecule is CC(C)CN1CCC(C)(C(=O)Nc2cc3cc(-n4nccn4)ccc3cn2)CC1. The van der Waals surface area contributed by atoms with E-state index in [1.165, 1.54) is 0 Å². The summed E-state index contributed by atoms with van der Waals surface area (Å²) >= 11 is 0. The summed E-state index contributed by atoms with van der Waals surface area (Å²) in [4.78, 5) is 21.5. The van der Waals surface area contributed by atoms with Crippen molar-refractivity contribution in [1.29, 1.82) is 0 Å². The van der Waals surface area contributed by atoms with E-state index in [-0.39, 0.29) is 11.3 Å². The third kappa shape index (κ3) is 4.29. The molecule has 1 amide bonds. The first-order valence-electron chi connectivity index (χ1n) is 10.2. The van der Waals surface area contributed by atoms with Crippen molar-refractivity contribution < 1.29 is 4.79 Å². The topological polar surface area (TPSA) is 75.9 Å². The Labute approximate surface area is 171 Å². The van der Waals surface area contributed by atoms with E-state index in [1.54, 1.807) is 23.4 Å². The zero-order valence-electron chi connectivity index (χ0n) is 17.3. The molecule has 0 radical (unpaired) electrons. The lowest BCUT2D eigenvalue weighted by atomic mass is 9.79. The Balaban J connectivity index is 1.48. The van der Waals surface area contributed by atoms with Crippen molar-refractivity contribution in [1.82, 2.24) is 24.9 Å². The van der Waals surface area contributed by atoms with Crippen molar-refractivity contribution in [3.63, 3.8) is 0 Å². The standard InChI is InChI=1S/C22H28N6O/c1-16(2)15-27-10-6-22(3,7-11-27)21(29)26-20-13-18-12-19(28-24-8-9-25-28)5-4-17(18)14-23-20/h4-5,8-9,12-14,16H,6-7,10-11,15H2,1-3H3,(H,23,26,29). The van der Waals surface area contributed by atoms with E-state index in [4.69, 9.17) is 0 Å². The number of nitrogens with zero attached hydrogens (tertiary/aromatic N) is 5. The van der Waals surface area contributed by atoms with Gasteiger partial charge in [0.15, 0.2) is 0 Å². The Bertz CT molecular complexity index is 990. The van der Waals surface area contributed by atoms with Crippen LogP contribution in [0.5, 0.6) is 0 Å². The predicted octanol–water partition coefficient (Wildman–Crippen LogP) is 3.51. The van der Waals surface area contributed by atoms with Crippen molar-refractivity contribution in [2.75, 3.05) is 25.0 Å². The second-order valence-corrected chi connectivity index (χ2v) is 8.63. The van der Waals surface area contributed by atoms with Gasteiger partial charge in [-0.15, -0.1) is 0 Å². The van der Waals surface area contributed by atoms with Crippen LogP contribution in [0.4, 0.5) is 5.82 Å². The molecule has 0 aliphatic carbocycles. The molecule has 7 nitrogen and oxygen atoms in total. The lowest BCUT2D eigenvalue weighted by molar-refractivity contribution is -0.127. The van der Waals surface area contributed by atoms with E-state index in [9.17, 15) is 4.79 Å². The molecule has 29 heavy (non-hydrogen) atoms. The number of nitrogens with one attached hydrogen (secondary N) is 1. The van der Waals surface area contributed by atoms with Crippen molar-refractivity contribution >= 4 is 22.5 Å². The van der Waals surface area contributed by atoms with Crippen LogP contribution in [0.3, 0.4) is 0 Å². The Morgan fingerprint density at radius 1 is 1.14 bits per heavy atom. The number of anilines is 1. The maximum Gasteiger partial charge on any atom is 0.231 e. The molecule has 0 atom stereocenters. The highest BCUT2D eigenvalue weighted by atomic mass is 16.2. The first-order chi connectivity index (χ1) is 13.9. The first-order valence-corrected chi connectivity index (χ1v) is 10.2. The molecule has 0 spiro atoms. The fourth-order valence-electron chi connectivity index (χ4n) is 3.91. The monoisotopic (exact) mass is 392 g/mol. The van der Waals surface area contributed by atoms with E-state index in [0.717, 1.165) is 48.9 Å². The van der Waals surface area contributed by atoms with Gasteiger partial charge in [-0.25, -0.2) is 4.98 Å². The molecule has 1 saturated heterocycles. The van der Waals surface area contributed by atoms with Gasteiger partial charge in [0.05, 0.1) is 18.1 Å². The number of hydrogen-bond acceptors (Lipinski definition) is 5. The molecule has 4 rings (SSSR count). The highest BCUT2D eigenvalue weighted by molar-refractivity contribution is 5.96. The Morgan fingerprint density at radius 3 is 2.55 bits per heavy atom. The van der Waals surface area contributed by atoms with E-state index in [1.807, 2.05) is 24.3 Å². The number of piperidine rings is 1. The molecule has 1 aliphatic rings. The molecule has 0 bridgehead atoms. The molecule has 1 aliphatic heterocycles. The first kappa shape index (κ1) is 19.5. The molecular weight excluding hydrogens is 364 g/mol. The number of benzene rings is 1. The van der Waals surface area contributed by atoms with Crippen LogP contribution in [0.1, 0.15) is 33.6 Å². The largest absolute Gasteiger partial charge is 0.310 e. The molecule has 7 heteroatoms. The van der Waals surface area contributed by atoms with Crippen LogP contribution in [-0.2, 0) is 4.79 Å². The number of carbonyl (C=O) groups is 1. The Kier molecular flexibility index (Phi) is 5.32. The molecule has 0 unspecified atom stereocenters. The van der Waals surface area contributed by atoms with Crippen molar-refractivity contribution in [3.05, 3.63) is 42.9 Å². The smallest absolute Gasteiger partial charge is 0.231 e. The van der Waals surface area contributed by atoms with Crippen LogP contribution >= 0.6 is 0 Å². The van der Waals surface area contributed by atoms with Crippen LogP contribution in [0.2, 0.25) is 0 Å². The predicted molar refractivity (Wildman–Crippen MR) is 114 cm³/mol. The minimum Gasteiger partial charge on any atom is -0.310 e. The fourth-order valence-corrected chi connectivity index (χ4v) is 3.91. The number of pyridine rings is 1. The molecular formula is C22H28N6O. The summed E-state index contributed by atoms with van der Waals surface area (Å²) in [6.07, 6.45) is 6.83. The minimum atomic E-state index is -0.356. The average molecular weight is 393 g/mol. The summed E-state index contributed by atoms with van der Waals surface area (Å²) < 4.78 is 0. The minimum absolute atomic E-state index is 0.0541. The second-order valence-electron chi connectivity index (χ2n) is 8.63. The fraction of sp³-hybridized carbons (Fsp3) is 0.455. The van der Waals surface area contributed by atoms with Gasteiger partial charge in [-0.05, 0) is 55.4 Å². The zero-order chi connectivity index (χ0) is 20.4. The van der Waals surface area contributed by atoms with Gasteiger partial charge in [0, 0.05) is 23.5 Å². The quantitative estimate of drug-likeness (QED) is 0.719. The van der Waals surface area contributed by atoms with Crippen LogP contribution in [0, 0.1) is 11.3 Å². The molecule has 1 aromatic carbocycles. The lowest BCUT2D eigenvalue weighted by Gasteiger charge is -2.38. The van der Waals surface area contributed by atoms with E-state index in [0.29, 0.717) is 11.7 Å². The number of carbonyl (C=O) groups excluding carboxylic acids is 1. The van der Waals surface area contributed by atoms with E-state index < -0.39 is 0 Å². The number of amides is 1. The van der Waals surface area contributed by atoms with Crippen molar-refractivity contribution in [2.24, 2.45) is 11.3 Å². The van der Waals surface area contributed by atoms with Gasteiger partial charge in [-0.2, -0.15) is 15.0 Å². The van der Waals surface area contributed by atoms with Gasteiger partial charge < -0.3 is 10.2 Å². The highest BCUT2D eigenvalue weighted by Crippen LogP contribution is 2.32. The van der Waals surface area contributed by atoms with Crippen LogP contribution in [0.25, 0.3) is 16.5 Å². The lowest BCUT2D eigenvalue weighted by Crippen LogP contribution is -2.45. The molecule has 0 saturated carbocycles. The van der Waals surface area contributed by atoms with E-state index in [2.05, 4.69) is 46.2 Å². The summed E-state index contributed by atoms with van der Waals surface area (Å²) in [5.41, 5.74) is 0.515. The van der Waals surface area contributed by atoms with Crippen LogP contribution in [-0.4, -0.2) is 50.4 Å². The molecule has 1 N–H and O–H groups in total.